The summed E-state index contributed by atoms with van der Waals surface area (Å²) in [6.45, 7) is 0. The molecule has 2 nitrogen and oxygen atoms in total. The number of aromatic hydroxyl groups is 2. The van der Waals surface area contributed by atoms with Crippen molar-refractivity contribution in [1.82, 2.24) is 0 Å². The molecule has 1 aliphatic rings. The molecule has 0 aliphatic heterocycles. The summed E-state index contributed by atoms with van der Waals surface area (Å²) in [5.74, 6) is 0.521. The molecule has 0 saturated heterocycles. The molecule has 4 heteroatoms. The van der Waals surface area contributed by atoms with Gasteiger partial charge in [-0.25, -0.2) is 0 Å². The van der Waals surface area contributed by atoms with Gasteiger partial charge in [-0.1, -0.05) is 97.1 Å². The van der Waals surface area contributed by atoms with Crippen molar-refractivity contribution in [2.45, 2.75) is 5.41 Å². The van der Waals surface area contributed by atoms with Gasteiger partial charge in [0, 0.05) is 31.3 Å². The number of rotatable bonds is 4. The Morgan fingerprint density at radius 2 is 0.811 bits per heavy atom. The van der Waals surface area contributed by atoms with Crippen LogP contribution in [0.1, 0.15) is 22.3 Å². The van der Waals surface area contributed by atoms with Gasteiger partial charge in [0.15, 0.2) is 0 Å². The third-order valence-corrected chi connectivity index (χ3v) is 13.2. The SMILES string of the molecule is Oc1ccc2cc(C3(c4ccc5cc(O)ccc5c4)c4ccc(-c5csc6ccccc56)cc4-c4cc(-c5csc6ccccc56)ccc43)ccc2c1. The lowest BCUT2D eigenvalue weighted by Gasteiger charge is -2.34. The smallest absolute Gasteiger partial charge is 0.116 e. The Bertz CT molecular complexity index is 2900. The van der Waals surface area contributed by atoms with Gasteiger partial charge in [-0.3, -0.25) is 0 Å². The quantitative estimate of drug-likeness (QED) is 0.191. The second-order valence-electron chi connectivity index (χ2n) is 14.1. The van der Waals surface area contributed by atoms with Gasteiger partial charge in [-0.15, -0.1) is 22.7 Å². The van der Waals surface area contributed by atoms with Crippen LogP contribution in [0.25, 0.3) is 75.1 Å². The molecule has 10 aromatic rings. The van der Waals surface area contributed by atoms with Crippen molar-refractivity contribution >= 4 is 64.4 Å². The van der Waals surface area contributed by atoms with Gasteiger partial charge >= 0.3 is 0 Å². The molecule has 0 saturated carbocycles. The van der Waals surface area contributed by atoms with E-state index in [2.05, 4.69) is 132 Å². The Morgan fingerprint density at radius 1 is 0.377 bits per heavy atom. The molecule has 8 aromatic carbocycles. The van der Waals surface area contributed by atoms with Crippen LogP contribution in [0.2, 0.25) is 0 Å². The van der Waals surface area contributed by atoms with E-state index >= 15 is 0 Å². The van der Waals surface area contributed by atoms with Crippen molar-refractivity contribution in [3.63, 3.8) is 0 Å². The molecule has 1 aliphatic carbocycles. The molecule has 53 heavy (non-hydrogen) atoms. The molecule has 0 spiro atoms. The van der Waals surface area contributed by atoms with Crippen LogP contribution in [0.3, 0.4) is 0 Å². The van der Waals surface area contributed by atoms with Gasteiger partial charge in [0.25, 0.3) is 0 Å². The van der Waals surface area contributed by atoms with Gasteiger partial charge < -0.3 is 10.2 Å². The van der Waals surface area contributed by atoms with Crippen LogP contribution in [0.4, 0.5) is 0 Å². The standard InChI is InChI=1S/C49H30O2S2/c50-37-17-11-29-21-35(15-9-31(29)23-37)49(36-16-10-32-24-38(51)18-12-30(32)22-36)45-19-13-33(43-27-52-47-7-3-1-5-39(43)47)25-41(45)42-26-34(14-20-46(42)49)44-28-53-48-8-4-2-6-40(44)48/h1-28,50-51H. The summed E-state index contributed by atoms with van der Waals surface area (Å²) in [5.41, 5.74) is 11.5. The van der Waals surface area contributed by atoms with E-state index in [9.17, 15) is 10.2 Å². The lowest BCUT2D eigenvalue weighted by molar-refractivity contribution is 0.475. The minimum atomic E-state index is -0.646. The molecule has 250 valence electrons. The van der Waals surface area contributed by atoms with E-state index in [1.807, 2.05) is 24.3 Å². The number of phenols is 2. The highest BCUT2D eigenvalue weighted by Gasteiger charge is 2.46. The molecular formula is C49H30O2S2. The first-order valence-corrected chi connectivity index (χ1v) is 19.5. The van der Waals surface area contributed by atoms with E-state index in [1.165, 1.54) is 64.7 Å². The Morgan fingerprint density at radius 3 is 1.30 bits per heavy atom. The molecule has 11 rings (SSSR count). The third-order valence-electron chi connectivity index (χ3n) is 11.2. The molecule has 2 heterocycles. The average Bonchev–Trinajstić information content (AvgIpc) is 3.90. The minimum Gasteiger partial charge on any atom is -0.508 e. The Kier molecular flexibility index (Phi) is 6.54. The zero-order valence-corrected chi connectivity index (χ0v) is 30.0. The van der Waals surface area contributed by atoms with Crippen molar-refractivity contribution in [2.24, 2.45) is 0 Å². The summed E-state index contributed by atoms with van der Waals surface area (Å²) >= 11 is 3.59. The highest BCUT2D eigenvalue weighted by Crippen LogP contribution is 2.58. The first-order chi connectivity index (χ1) is 26.0. The van der Waals surface area contributed by atoms with Crippen molar-refractivity contribution in [3.8, 4) is 44.9 Å². The van der Waals surface area contributed by atoms with Gasteiger partial charge in [0.1, 0.15) is 11.5 Å². The van der Waals surface area contributed by atoms with Crippen molar-refractivity contribution in [3.05, 3.63) is 191 Å². The number of hydrogen-bond donors (Lipinski definition) is 2. The molecule has 0 atom stereocenters. The Balaban J connectivity index is 1.24. The lowest BCUT2D eigenvalue weighted by atomic mass is 9.67. The van der Waals surface area contributed by atoms with Crippen LogP contribution < -0.4 is 0 Å². The largest absolute Gasteiger partial charge is 0.508 e. The molecular weight excluding hydrogens is 685 g/mol. The predicted octanol–water partition coefficient (Wildman–Crippen LogP) is 13.5. The number of thiophene rings is 2. The van der Waals surface area contributed by atoms with Crippen LogP contribution in [0.15, 0.2) is 168 Å². The van der Waals surface area contributed by atoms with Crippen LogP contribution in [-0.2, 0) is 5.41 Å². The second-order valence-corrected chi connectivity index (χ2v) is 15.9. The van der Waals surface area contributed by atoms with Crippen LogP contribution in [0.5, 0.6) is 11.5 Å². The highest BCUT2D eigenvalue weighted by atomic mass is 32.1. The molecule has 0 radical (unpaired) electrons. The molecule has 0 unspecified atom stereocenters. The maximum absolute atomic E-state index is 10.3. The number of hydrogen-bond acceptors (Lipinski definition) is 4. The fourth-order valence-electron chi connectivity index (χ4n) is 8.79. The Hall–Kier alpha value is -6.20. The Labute approximate surface area is 314 Å². The monoisotopic (exact) mass is 714 g/mol. The van der Waals surface area contributed by atoms with E-state index in [1.54, 1.807) is 34.8 Å². The first kappa shape index (κ1) is 30.4. The minimum absolute atomic E-state index is 0.260. The van der Waals surface area contributed by atoms with Crippen molar-refractivity contribution < 1.29 is 10.2 Å². The summed E-state index contributed by atoms with van der Waals surface area (Å²) in [6, 6.07) is 56.1. The summed E-state index contributed by atoms with van der Waals surface area (Å²) in [6.07, 6.45) is 0. The van der Waals surface area contributed by atoms with E-state index in [0.29, 0.717) is 0 Å². The third kappa shape index (κ3) is 4.50. The highest BCUT2D eigenvalue weighted by molar-refractivity contribution is 7.18. The zero-order chi connectivity index (χ0) is 35.3. The average molecular weight is 715 g/mol. The van der Waals surface area contributed by atoms with Crippen LogP contribution >= 0.6 is 22.7 Å². The number of benzene rings is 8. The first-order valence-electron chi connectivity index (χ1n) is 17.7. The van der Waals surface area contributed by atoms with E-state index < -0.39 is 5.41 Å². The predicted molar refractivity (Wildman–Crippen MR) is 224 cm³/mol. The molecule has 0 amide bonds. The van der Waals surface area contributed by atoms with Gasteiger partial charge in [-0.2, -0.15) is 0 Å². The lowest BCUT2D eigenvalue weighted by Crippen LogP contribution is -2.28. The van der Waals surface area contributed by atoms with Crippen molar-refractivity contribution in [2.75, 3.05) is 0 Å². The topological polar surface area (TPSA) is 40.5 Å². The van der Waals surface area contributed by atoms with Gasteiger partial charge in [-0.05, 0) is 137 Å². The number of fused-ring (bicyclic) bond motifs is 7. The fraction of sp³-hybridized carbons (Fsp3) is 0.0204. The second kappa shape index (κ2) is 11.4. The van der Waals surface area contributed by atoms with E-state index in [0.717, 1.165) is 32.7 Å². The normalized spacial score (nSPS) is 13.2. The van der Waals surface area contributed by atoms with E-state index in [-0.39, 0.29) is 11.5 Å². The summed E-state index contributed by atoms with van der Waals surface area (Å²) in [5, 5.41) is 32.0. The molecule has 2 N–H and O–H groups in total. The fourth-order valence-corrected chi connectivity index (χ4v) is 10.7. The molecule has 2 aromatic heterocycles. The summed E-state index contributed by atoms with van der Waals surface area (Å²) < 4.78 is 2.57. The molecule has 0 bridgehead atoms. The van der Waals surface area contributed by atoms with Crippen molar-refractivity contribution in [1.29, 1.82) is 0 Å². The maximum Gasteiger partial charge on any atom is 0.116 e. The summed E-state index contributed by atoms with van der Waals surface area (Å²) in [4.78, 5) is 0. The van der Waals surface area contributed by atoms with Crippen LogP contribution in [-0.4, -0.2) is 10.2 Å². The zero-order valence-electron chi connectivity index (χ0n) is 28.4. The van der Waals surface area contributed by atoms with Gasteiger partial charge in [0.2, 0.25) is 0 Å². The summed E-state index contributed by atoms with van der Waals surface area (Å²) in [7, 11) is 0. The van der Waals surface area contributed by atoms with Crippen LogP contribution in [0, 0.1) is 0 Å². The molecule has 0 fully saturated rings. The maximum atomic E-state index is 10.3. The van der Waals surface area contributed by atoms with E-state index in [4.69, 9.17) is 0 Å². The number of phenolic OH excluding ortho intramolecular Hbond substituents is 2. The van der Waals surface area contributed by atoms with Gasteiger partial charge in [0.05, 0.1) is 5.41 Å².